The number of benzene rings is 2. The molecule has 31 heavy (non-hydrogen) atoms. The van der Waals surface area contributed by atoms with E-state index >= 15 is 0 Å². The van der Waals surface area contributed by atoms with Gasteiger partial charge in [-0.3, -0.25) is 14.4 Å². The molecule has 3 amide bonds. The average Bonchev–Trinajstić information content (AvgIpc) is 3.03. The Kier molecular flexibility index (Phi) is 6.04. The average molecular weight is 441 g/mol. The molecule has 1 fully saturated rings. The Morgan fingerprint density at radius 2 is 1.65 bits per heavy atom. The molecule has 0 aromatic heterocycles. The van der Waals surface area contributed by atoms with E-state index in [1.165, 1.54) is 24.6 Å². The summed E-state index contributed by atoms with van der Waals surface area (Å²) >= 11 is 5.87. The lowest BCUT2D eigenvalue weighted by molar-refractivity contribution is -0.125. The lowest BCUT2D eigenvalue weighted by atomic mass is 9.95. The predicted octanol–water partition coefficient (Wildman–Crippen LogP) is 3.75. The minimum absolute atomic E-state index is 0.100. The number of nitrogens with zero attached hydrogens (tertiary/aromatic N) is 1. The van der Waals surface area contributed by atoms with Gasteiger partial charge < -0.3 is 10.1 Å². The number of imide groups is 1. The van der Waals surface area contributed by atoms with E-state index < -0.39 is 24.4 Å². The van der Waals surface area contributed by atoms with Crippen molar-refractivity contribution in [2.24, 2.45) is 0 Å². The zero-order chi connectivity index (χ0) is 22.0. The van der Waals surface area contributed by atoms with Crippen molar-refractivity contribution in [3.8, 4) is 0 Å². The number of halogens is 1. The Morgan fingerprint density at radius 3 is 2.35 bits per heavy atom. The molecule has 1 saturated carbocycles. The Labute approximate surface area is 184 Å². The summed E-state index contributed by atoms with van der Waals surface area (Å²) in [6, 6.07) is 10.6. The number of amides is 3. The molecule has 7 nitrogen and oxygen atoms in total. The molecule has 1 heterocycles. The van der Waals surface area contributed by atoms with Crippen molar-refractivity contribution in [2.45, 2.75) is 38.1 Å². The van der Waals surface area contributed by atoms with E-state index in [-0.39, 0.29) is 28.6 Å². The molecular formula is C23H21ClN2O5. The lowest BCUT2D eigenvalue weighted by Crippen LogP contribution is -2.38. The summed E-state index contributed by atoms with van der Waals surface area (Å²) < 4.78 is 5.10. The van der Waals surface area contributed by atoms with Crippen molar-refractivity contribution in [3.63, 3.8) is 0 Å². The second-order valence-electron chi connectivity index (χ2n) is 7.66. The van der Waals surface area contributed by atoms with Gasteiger partial charge >= 0.3 is 5.97 Å². The molecule has 0 atom stereocenters. The first-order valence-corrected chi connectivity index (χ1v) is 10.6. The summed E-state index contributed by atoms with van der Waals surface area (Å²) in [6.45, 7) is -0.393. The van der Waals surface area contributed by atoms with Gasteiger partial charge in [0.25, 0.3) is 17.7 Å². The molecule has 2 aromatic rings. The van der Waals surface area contributed by atoms with Crippen LogP contribution in [0.5, 0.6) is 0 Å². The molecule has 0 spiro atoms. The standard InChI is InChI=1S/C23H21ClN2O5/c24-15-7-9-17(10-8-15)26-21(28)18-11-6-14(12-19(18)22(26)29)23(30)31-13-20(27)25-16-4-2-1-3-5-16/h6-12,16H,1-5,13H2,(H,25,27). The number of esters is 1. The van der Waals surface area contributed by atoms with Crippen LogP contribution < -0.4 is 10.2 Å². The zero-order valence-electron chi connectivity index (χ0n) is 16.7. The highest BCUT2D eigenvalue weighted by molar-refractivity contribution is 6.35. The quantitative estimate of drug-likeness (QED) is 0.564. The third kappa shape index (κ3) is 4.46. The molecule has 0 unspecified atom stereocenters. The number of fused-ring (bicyclic) bond motifs is 1. The van der Waals surface area contributed by atoms with Crippen LogP contribution >= 0.6 is 11.6 Å². The van der Waals surface area contributed by atoms with Gasteiger partial charge in [-0.1, -0.05) is 30.9 Å². The number of nitrogens with one attached hydrogen (secondary N) is 1. The molecule has 2 aliphatic rings. The van der Waals surface area contributed by atoms with Crippen molar-refractivity contribution >= 4 is 41.0 Å². The van der Waals surface area contributed by atoms with Crippen LogP contribution in [0.2, 0.25) is 5.02 Å². The monoisotopic (exact) mass is 440 g/mol. The molecule has 2 aromatic carbocycles. The van der Waals surface area contributed by atoms with Crippen molar-refractivity contribution in [2.75, 3.05) is 11.5 Å². The molecule has 4 rings (SSSR count). The maximum Gasteiger partial charge on any atom is 0.338 e. The Morgan fingerprint density at radius 1 is 0.968 bits per heavy atom. The van der Waals surface area contributed by atoms with Crippen molar-refractivity contribution in [3.05, 3.63) is 64.2 Å². The predicted molar refractivity (Wildman–Crippen MR) is 114 cm³/mol. The largest absolute Gasteiger partial charge is 0.452 e. The van der Waals surface area contributed by atoms with Gasteiger partial charge in [0.1, 0.15) is 0 Å². The molecule has 8 heteroatoms. The number of carbonyl (C=O) groups excluding carboxylic acids is 4. The molecule has 0 saturated heterocycles. The Hall–Kier alpha value is -3.19. The minimum atomic E-state index is -0.730. The van der Waals surface area contributed by atoms with Crippen LogP contribution in [0.3, 0.4) is 0 Å². The van der Waals surface area contributed by atoms with Crippen LogP contribution in [0.15, 0.2) is 42.5 Å². The molecule has 1 aliphatic heterocycles. The minimum Gasteiger partial charge on any atom is -0.452 e. The van der Waals surface area contributed by atoms with Gasteiger partial charge in [-0.25, -0.2) is 9.69 Å². The second-order valence-corrected chi connectivity index (χ2v) is 8.10. The molecule has 160 valence electrons. The van der Waals surface area contributed by atoms with Crippen molar-refractivity contribution < 1.29 is 23.9 Å². The molecular weight excluding hydrogens is 420 g/mol. The molecule has 1 aliphatic carbocycles. The lowest BCUT2D eigenvalue weighted by Gasteiger charge is -2.22. The first-order chi connectivity index (χ1) is 14.9. The van der Waals surface area contributed by atoms with E-state index in [0.29, 0.717) is 10.7 Å². The van der Waals surface area contributed by atoms with Crippen LogP contribution in [0, 0.1) is 0 Å². The third-order valence-electron chi connectivity index (χ3n) is 5.51. The number of hydrogen-bond acceptors (Lipinski definition) is 5. The Balaban J connectivity index is 1.42. The zero-order valence-corrected chi connectivity index (χ0v) is 17.5. The number of rotatable bonds is 5. The van der Waals surface area contributed by atoms with Crippen LogP contribution in [0.25, 0.3) is 0 Å². The van der Waals surface area contributed by atoms with Crippen LogP contribution in [0.1, 0.15) is 63.2 Å². The molecule has 0 radical (unpaired) electrons. The first-order valence-electron chi connectivity index (χ1n) is 10.2. The van der Waals surface area contributed by atoms with E-state index in [2.05, 4.69) is 5.32 Å². The normalized spacial score (nSPS) is 16.2. The van der Waals surface area contributed by atoms with Gasteiger partial charge in [0.2, 0.25) is 0 Å². The van der Waals surface area contributed by atoms with Gasteiger partial charge in [0.05, 0.1) is 22.4 Å². The van der Waals surface area contributed by atoms with Crippen LogP contribution in [0.4, 0.5) is 5.69 Å². The summed E-state index contributed by atoms with van der Waals surface area (Å²) in [4.78, 5) is 51.0. The van der Waals surface area contributed by atoms with Crippen molar-refractivity contribution in [1.82, 2.24) is 5.32 Å². The maximum absolute atomic E-state index is 12.8. The number of anilines is 1. The summed E-state index contributed by atoms with van der Waals surface area (Å²) in [7, 11) is 0. The Bertz CT molecular complexity index is 1040. The molecule has 1 N–H and O–H groups in total. The highest BCUT2D eigenvalue weighted by atomic mass is 35.5. The fourth-order valence-corrected chi connectivity index (χ4v) is 4.05. The summed E-state index contributed by atoms with van der Waals surface area (Å²) in [5, 5.41) is 3.36. The van der Waals surface area contributed by atoms with E-state index in [9.17, 15) is 19.2 Å². The fourth-order valence-electron chi connectivity index (χ4n) is 3.92. The number of hydrogen-bond donors (Lipinski definition) is 1. The van der Waals surface area contributed by atoms with Crippen molar-refractivity contribution in [1.29, 1.82) is 0 Å². The van der Waals surface area contributed by atoms with Gasteiger partial charge in [-0.15, -0.1) is 0 Å². The smallest absolute Gasteiger partial charge is 0.338 e. The maximum atomic E-state index is 12.8. The van der Waals surface area contributed by atoms with E-state index in [4.69, 9.17) is 16.3 Å². The number of ether oxygens (including phenoxy) is 1. The summed E-state index contributed by atoms with van der Waals surface area (Å²) in [5.41, 5.74) is 0.801. The fraction of sp³-hybridized carbons (Fsp3) is 0.304. The van der Waals surface area contributed by atoms with Gasteiger partial charge in [-0.2, -0.15) is 0 Å². The topological polar surface area (TPSA) is 92.8 Å². The van der Waals surface area contributed by atoms with E-state index in [1.807, 2.05) is 0 Å². The summed E-state index contributed by atoms with van der Waals surface area (Å²) in [5.74, 6) is -2.09. The van der Waals surface area contributed by atoms with Crippen LogP contribution in [-0.2, 0) is 9.53 Å². The van der Waals surface area contributed by atoms with Crippen LogP contribution in [-0.4, -0.2) is 36.3 Å². The third-order valence-corrected chi connectivity index (χ3v) is 5.76. The molecule has 0 bridgehead atoms. The highest BCUT2D eigenvalue weighted by Crippen LogP contribution is 2.30. The first kappa shape index (κ1) is 21.1. The van der Waals surface area contributed by atoms with Gasteiger partial charge in [0.15, 0.2) is 6.61 Å². The van der Waals surface area contributed by atoms with Gasteiger partial charge in [-0.05, 0) is 55.3 Å². The SMILES string of the molecule is O=C(COC(=O)c1ccc2c(c1)C(=O)N(c1ccc(Cl)cc1)C2=O)NC1CCCCC1. The summed E-state index contributed by atoms with van der Waals surface area (Å²) in [6.07, 6.45) is 5.21. The van der Waals surface area contributed by atoms with E-state index in [0.717, 1.165) is 30.6 Å². The highest BCUT2D eigenvalue weighted by Gasteiger charge is 2.37. The van der Waals surface area contributed by atoms with Gasteiger partial charge in [0, 0.05) is 11.1 Å². The number of carbonyl (C=O) groups is 4. The van der Waals surface area contributed by atoms with E-state index in [1.54, 1.807) is 24.3 Å². The second kappa shape index (κ2) is 8.89.